The Bertz CT molecular complexity index is 2710. The van der Waals surface area contributed by atoms with E-state index >= 15 is 0 Å². The standard InChI is InChI=1S/C23H29N3O3S.C22H26N2O4S.CH4/c1-6-20(25-30(28,29)22-16(3)11-15(2)12-17(22)4)14-26-10-9-18-13-19(23(27)24-5)7-8-21(18)26;1-5-19(23-29(27,28)21-15(3)10-14(2)11-16(21)4)13-24-9-8-17-12-18(22(25)26)6-7-20(17)24;/h7-13,20,25H,6,14H2,1-5H3,(H,24,27);6-12,19,23H,5,13H2,1-4H3,(H,25,26);1H4/t20-;19-;/m00./s1. The highest BCUT2D eigenvalue weighted by Gasteiger charge is 2.25. The van der Waals surface area contributed by atoms with E-state index in [0.717, 1.165) is 55.2 Å². The summed E-state index contributed by atoms with van der Waals surface area (Å²) in [7, 11) is -5.70. The highest BCUT2D eigenvalue weighted by molar-refractivity contribution is 7.90. The van der Waals surface area contributed by atoms with Crippen molar-refractivity contribution in [2.75, 3.05) is 7.05 Å². The molecule has 6 aromatic rings. The first-order valence-electron chi connectivity index (χ1n) is 19.6. The predicted molar refractivity (Wildman–Crippen MR) is 241 cm³/mol. The van der Waals surface area contributed by atoms with E-state index in [4.69, 9.17) is 5.11 Å². The number of carboxylic acids is 1. The molecule has 60 heavy (non-hydrogen) atoms. The highest BCUT2D eigenvalue weighted by atomic mass is 32.2. The minimum absolute atomic E-state index is 0. The zero-order chi connectivity index (χ0) is 43.4. The zero-order valence-corrected chi connectivity index (χ0v) is 36.8. The largest absolute Gasteiger partial charge is 0.478 e. The number of carbonyl (C=O) groups is 2. The van der Waals surface area contributed by atoms with Gasteiger partial charge in [0.25, 0.3) is 5.91 Å². The van der Waals surface area contributed by atoms with E-state index in [1.807, 2.05) is 125 Å². The topological polar surface area (TPSA) is 169 Å². The van der Waals surface area contributed by atoms with Crippen LogP contribution in [0.3, 0.4) is 0 Å². The molecule has 2 heterocycles. The highest BCUT2D eigenvalue weighted by Crippen LogP contribution is 2.25. The van der Waals surface area contributed by atoms with E-state index < -0.39 is 26.0 Å². The van der Waals surface area contributed by atoms with Gasteiger partial charge in [0.15, 0.2) is 0 Å². The third kappa shape index (κ3) is 10.7. The fraction of sp³-hybridized carbons (Fsp3) is 0.348. The van der Waals surface area contributed by atoms with Gasteiger partial charge in [-0.25, -0.2) is 31.1 Å². The number of benzene rings is 4. The first-order valence-corrected chi connectivity index (χ1v) is 22.6. The van der Waals surface area contributed by atoms with Gasteiger partial charge in [-0.1, -0.05) is 56.7 Å². The van der Waals surface area contributed by atoms with Crippen molar-refractivity contribution >= 4 is 53.7 Å². The molecule has 0 unspecified atom stereocenters. The SMILES string of the molecule is C.CC[C@@H](Cn1ccc2cc(C(=O)NC)ccc21)NS(=O)(=O)c1c(C)cc(C)cc1C.CC[C@@H](Cn1ccc2cc(C(=O)O)ccc21)NS(=O)(=O)c1c(C)cc(C)cc1C. The van der Waals surface area contributed by atoms with Gasteiger partial charge in [-0.3, -0.25) is 4.79 Å². The number of nitrogens with one attached hydrogen (secondary N) is 3. The summed E-state index contributed by atoms with van der Waals surface area (Å²) in [5.74, 6) is -1.10. The quantitative estimate of drug-likeness (QED) is 0.0854. The molecule has 0 saturated carbocycles. The van der Waals surface area contributed by atoms with E-state index in [1.165, 1.54) is 0 Å². The Morgan fingerprint density at radius 1 is 0.600 bits per heavy atom. The lowest BCUT2D eigenvalue weighted by atomic mass is 10.1. The second kappa shape index (κ2) is 19.4. The number of aromatic nitrogens is 2. The zero-order valence-electron chi connectivity index (χ0n) is 35.2. The summed E-state index contributed by atoms with van der Waals surface area (Å²) < 4.78 is 62.1. The fourth-order valence-electron chi connectivity index (χ4n) is 7.85. The molecule has 0 radical (unpaired) electrons. The first kappa shape index (κ1) is 47.4. The van der Waals surface area contributed by atoms with Crippen molar-refractivity contribution in [2.45, 2.75) is 111 Å². The number of amides is 1. The molecule has 0 aliphatic carbocycles. The summed E-state index contributed by atoms with van der Waals surface area (Å²) in [5.41, 5.74) is 7.71. The van der Waals surface area contributed by atoms with E-state index in [9.17, 15) is 26.4 Å². The molecule has 2 aromatic heterocycles. The normalized spacial score (nSPS) is 12.7. The number of hydrogen-bond acceptors (Lipinski definition) is 6. The van der Waals surface area contributed by atoms with Crippen LogP contribution >= 0.6 is 0 Å². The predicted octanol–water partition coefficient (Wildman–Crippen LogP) is 8.34. The number of aryl methyl sites for hydroxylation is 6. The Morgan fingerprint density at radius 2 is 0.967 bits per heavy atom. The summed E-state index contributed by atoms with van der Waals surface area (Å²) in [5, 5.41) is 13.5. The van der Waals surface area contributed by atoms with E-state index in [2.05, 4.69) is 14.8 Å². The molecule has 0 fully saturated rings. The summed E-state index contributed by atoms with van der Waals surface area (Å²) in [6.45, 7) is 16.1. The summed E-state index contributed by atoms with van der Waals surface area (Å²) in [6.07, 6.45) is 5.06. The van der Waals surface area contributed by atoms with Gasteiger partial charge in [-0.05, 0) is 125 Å². The van der Waals surface area contributed by atoms with Crippen molar-refractivity contribution in [3.05, 3.63) is 130 Å². The Labute approximate surface area is 355 Å². The molecule has 1 amide bonds. The van der Waals surface area contributed by atoms with Crippen LogP contribution in [0.5, 0.6) is 0 Å². The number of sulfonamides is 2. The number of carboxylic acid groups (broad SMARTS) is 1. The fourth-order valence-corrected chi connectivity index (χ4v) is 11.4. The third-order valence-corrected chi connectivity index (χ3v) is 14.1. The minimum Gasteiger partial charge on any atom is -0.478 e. The maximum Gasteiger partial charge on any atom is 0.335 e. The van der Waals surface area contributed by atoms with Crippen molar-refractivity contribution in [2.24, 2.45) is 0 Å². The second-order valence-corrected chi connectivity index (χ2v) is 18.6. The Balaban J connectivity index is 0.000000260. The minimum atomic E-state index is -3.67. The molecule has 0 aliphatic heterocycles. The Morgan fingerprint density at radius 3 is 1.32 bits per heavy atom. The van der Waals surface area contributed by atoms with Crippen LogP contribution in [-0.4, -0.2) is 62.1 Å². The number of rotatable bonds is 14. The van der Waals surface area contributed by atoms with E-state index in [1.54, 1.807) is 31.3 Å². The smallest absolute Gasteiger partial charge is 0.335 e. The number of carbonyl (C=O) groups excluding carboxylic acids is 1. The molecule has 14 heteroatoms. The van der Waals surface area contributed by atoms with Gasteiger partial charge in [0.2, 0.25) is 20.0 Å². The van der Waals surface area contributed by atoms with Crippen LogP contribution in [0.15, 0.2) is 95.0 Å². The second-order valence-electron chi connectivity index (χ2n) is 15.3. The van der Waals surface area contributed by atoms with Gasteiger partial charge in [-0.15, -0.1) is 0 Å². The molecule has 4 N–H and O–H groups in total. The summed E-state index contributed by atoms with van der Waals surface area (Å²) >= 11 is 0. The number of fused-ring (bicyclic) bond motifs is 2. The van der Waals surface area contributed by atoms with Crippen LogP contribution in [0, 0.1) is 41.5 Å². The van der Waals surface area contributed by atoms with Crippen LogP contribution in [0.2, 0.25) is 0 Å². The van der Waals surface area contributed by atoms with Gasteiger partial charge in [-0.2, -0.15) is 0 Å². The summed E-state index contributed by atoms with van der Waals surface area (Å²) in [6, 6.07) is 21.2. The Hall–Kier alpha value is -5.28. The van der Waals surface area contributed by atoms with E-state index in [-0.39, 0.29) is 31.0 Å². The molecule has 322 valence electrons. The van der Waals surface area contributed by atoms with Crippen molar-refractivity contribution in [3.63, 3.8) is 0 Å². The van der Waals surface area contributed by atoms with Gasteiger partial charge in [0, 0.05) is 72.0 Å². The molecule has 0 spiro atoms. The molecular weight excluding hydrogens is 799 g/mol. The van der Waals surface area contributed by atoms with Crippen LogP contribution < -0.4 is 14.8 Å². The maximum atomic E-state index is 13.1. The lowest BCUT2D eigenvalue weighted by Crippen LogP contribution is -2.38. The molecule has 0 saturated heterocycles. The van der Waals surface area contributed by atoms with Crippen molar-refractivity contribution in [3.8, 4) is 0 Å². The average Bonchev–Trinajstić information content (AvgIpc) is 3.75. The van der Waals surface area contributed by atoms with Crippen LogP contribution in [0.4, 0.5) is 0 Å². The van der Waals surface area contributed by atoms with Gasteiger partial charge >= 0.3 is 5.97 Å². The maximum absolute atomic E-state index is 13.1. The average molecular weight is 858 g/mol. The van der Waals surface area contributed by atoms with Gasteiger partial charge < -0.3 is 19.6 Å². The van der Waals surface area contributed by atoms with Gasteiger partial charge in [0.1, 0.15) is 0 Å². The van der Waals surface area contributed by atoms with Crippen LogP contribution in [-0.2, 0) is 33.1 Å². The monoisotopic (exact) mass is 857 g/mol. The molecule has 0 aliphatic rings. The van der Waals surface area contributed by atoms with Crippen LogP contribution in [0.1, 0.15) is 88.2 Å². The molecule has 4 aromatic carbocycles. The molecule has 0 bridgehead atoms. The summed E-state index contributed by atoms with van der Waals surface area (Å²) in [4.78, 5) is 23.7. The van der Waals surface area contributed by atoms with Gasteiger partial charge in [0.05, 0.1) is 15.4 Å². The number of hydrogen-bond donors (Lipinski definition) is 4. The lowest BCUT2D eigenvalue weighted by Gasteiger charge is -2.20. The number of nitrogens with zero attached hydrogens (tertiary/aromatic N) is 2. The number of aromatic carboxylic acids is 1. The molecule has 2 atom stereocenters. The van der Waals surface area contributed by atoms with Crippen LogP contribution in [0.25, 0.3) is 21.8 Å². The molecular formula is C46H59N5O7S2. The van der Waals surface area contributed by atoms with Crippen molar-refractivity contribution in [1.82, 2.24) is 23.9 Å². The third-order valence-electron chi connectivity index (χ3n) is 10.5. The molecule has 12 nitrogen and oxygen atoms in total. The van der Waals surface area contributed by atoms with Crippen molar-refractivity contribution in [1.29, 1.82) is 0 Å². The Kier molecular flexibility index (Phi) is 15.3. The first-order chi connectivity index (χ1) is 27.8. The van der Waals surface area contributed by atoms with Crippen molar-refractivity contribution < 1.29 is 31.5 Å². The molecule has 6 rings (SSSR count). The van der Waals surface area contributed by atoms with E-state index in [0.29, 0.717) is 41.3 Å². The lowest BCUT2D eigenvalue weighted by molar-refractivity contribution is 0.0696.